The minimum Gasteiger partial charge on any atom is -0.494 e. The number of likely N-dealkylation sites (N-methyl/N-ethyl adjacent to an activating group) is 1. The zero-order valence-corrected chi connectivity index (χ0v) is 13.9. The molecule has 0 spiro atoms. The van der Waals surface area contributed by atoms with Gasteiger partial charge in [0, 0.05) is 25.2 Å². The summed E-state index contributed by atoms with van der Waals surface area (Å²) >= 11 is 0. The first-order chi connectivity index (χ1) is 10.7. The first kappa shape index (κ1) is 16.8. The summed E-state index contributed by atoms with van der Waals surface area (Å²) in [6.07, 6.45) is 4.52. The number of benzene rings is 1. The summed E-state index contributed by atoms with van der Waals surface area (Å²) in [5, 5.41) is 0. The Bertz CT molecular complexity index is 459. The number of hydrogen-bond acceptors (Lipinski definition) is 3. The Morgan fingerprint density at radius 2 is 1.86 bits per heavy atom. The van der Waals surface area contributed by atoms with Crippen LogP contribution in [-0.2, 0) is 0 Å². The van der Waals surface area contributed by atoms with Crippen LogP contribution in [0.25, 0.3) is 0 Å². The third-order valence-corrected chi connectivity index (χ3v) is 4.12. The standard InChI is InChI=1S/C18H28N2O2/c1-3-4-5-15-22-17-9-7-16(8-10-17)18(21)20-12-6-11-19(2)13-14-20/h7-10H,3-6,11-15H2,1-2H3. The Balaban J connectivity index is 1.87. The number of rotatable bonds is 6. The highest BCUT2D eigenvalue weighted by Crippen LogP contribution is 2.15. The summed E-state index contributed by atoms with van der Waals surface area (Å²) in [6, 6.07) is 7.57. The molecule has 22 heavy (non-hydrogen) atoms. The van der Waals surface area contributed by atoms with Crippen LogP contribution < -0.4 is 4.74 Å². The van der Waals surface area contributed by atoms with Crippen molar-refractivity contribution in [1.82, 2.24) is 9.80 Å². The number of carbonyl (C=O) groups is 1. The van der Waals surface area contributed by atoms with E-state index in [0.29, 0.717) is 0 Å². The van der Waals surface area contributed by atoms with Gasteiger partial charge in [-0.2, -0.15) is 0 Å². The van der Waals surface area contributed by atoms with Crippen LogP contribution >= 0.6 is 0 Å². The molecule has 1 aliphatic rings. The molecule has 0 saturated carbocycles. The van der Waals surface area contributed by atoms with Gasteiger partial charge in [-0.3, -0.25) is 4.79 Å². The molecule has 0 aliphatic carbocycles. The molecular weight excluding hydrogens is 276 g/mol. The molecule has 1 heterocycles. The number of nitrogens with zero attached hydrogens (tertiary/aromatic N) is 2. The van der Waals surface area contributed by atoms with Crippen molar-refractivity contribution in [3.8, 4) is 5.75 Å². The molecule has 1 saturated heterocycles. The SMILES string of the molecule is CCCCCOc1ccc(C(=O)N2CCCN(C)CC2)cc1. The van der Waals surface area contributed by atoms with Gasteiger partial charge in [-0.25, -0.2) is 0 Å². The van der Waals surface area contributed by atoms with Crippen molar-refractivity contribution >= 4 is 5.91 Å². The maximum absolute atomic E-state index is 12.5. The van der Waals surface area contributed by atoms with E-state index in [1.807, 2.05) is 29.2 Å². The number of carbonyl (C=O) groups excluding carboxylic acids is 1. The highest BCUT2D eigenvalue weighted by Gasteiger charge is 2.18. The average molecular weight is 304 g/mol. The van der Waals surface area contributed by atoms with Crippen molar-refractivity contribution < 1.29 is 9.53 Å². The highest BCUT2D eigenvalue weighted by molar-refractivity contribution is 5.94. The van der Waals surface area contributed by atoms with Crippen molar-refractivity contribution in [1.29, 1.82) is 0 Å². The predicted octanol–water partition coefficient (Wildman–Crippen LogP) is 3.03. The predicted molar refractivity (Wildman–Crippen MR) is 89.5 cm³/mol. The normalized spacial score (nSPS) is 16.4. The lowest BCUT2D eigenvalue weighted by Crippen LogP contribution is -2.34. The molecule has 0 radical (unpaired) electrons. The lowest BCUT2D eigenvalue weighted by Gasteiger charge is -2.20. The maximum Gasteiger partial charge on any atom is 0.253 e. The minimum atomic E-state index is 0.132. The topological polar surface area (TPSA) is 32.8 Å². The van der Waals surface area contributed by atoms with Gasteiger partial charge in [0.1, 0.15) is 5.75 Å². The van der Waals surface area contributed by atoms with Gasteiger partial charge in [0.05, 0.1) is 6.61 Å². The molecular formula is C18H28N2O2. The quantitative estimate of drug-likeness (QED) is 0.757. The van der Waals surface area contributed by atoms with Gasteiger partial charge in [0.2, 0.25) is 0 Å². The third kappa shape index (κ3) is 5.02. The van der Waals surface area contributed by atoms with Gasteiger partial charge in [-0.15, -0.1) is 0 Å². The molecule has 0 N–H and O–H groups in total. The van der Waals surface area contributed by atoms with E-state index in [0.717, 1.165) is 56.9 Å². The van der Waals surface area contributed by atoms with Gasteiger partial charge in [-0.05, 0) is 50.7 Å². The molecule has 4 nitrogen and oxygen atoms in total. The van der Waals surface area contributed by atoms with Gasteiger partial charge >= 0.3 is 0 Å². The van der Waals surface area contributed by atoms with Crippen LogP contribution in [0.5, 0.6) is 5.75 Å². The number of amides is 1. The second kappa shape index (κ2) is 8.79. The number of hydrogen-bond donors (Lipinski definition) is 0. The Labute approximate surface area is 134 Å². The number of unbranched alkanes of at least 4 members (excludes halogenated alkanes) is 2. The van der Waals surface area contributed by atoms with Crippen molar-refractivity contribution in [2.75, 3.05) is 39.8 Å². The zero-order valence-electron chi connectivity index (χ0n) is 13.9. The molecule has 0 bridgehead atoms. The Hall–Kier alpha value is -1.55. The maximum atomic E-state index is 12.5. The molecule has 1 aromatic carbocycles. The van der Waals surface area contributed by atoms with Crippen LogP contribution in [0.4, 0.5) is 0 Å². The summed E-state index contributed by atoms with van der Waals surface area (Å²) in [7, 11) is 2.11. The highest BCUT2D eigenvalue weighted by atomic mass is 16.5. The first-order valence-corrected chi connectivity index (χ1v) is 8.41. The fraction of sp³-hybridized carbons (Fsp3) is 0.611. The molecule has 1 aromatic rings. The van der Waals surface area contributed by atoms with E-state index in [2.05, 4.69) is 18.9 Å². The smallest absolute Gasteiger partial charge is 0.253 e. The molecule has 0 unspecified atom stereocenters. The largest absolute Gasteiger partial charge is 0.494 e. The van der Waals surface area contributed by atoms with E-state index in [1.54, 1.807) is 0 Å². The van der Waals surface area contributed by atoms with Gasteiger partial charge in [0.15, 0.2) is 0 Å². The summed E-state index contributed by atoms with van der Waals surface area (Å²) in [5.41, 5.74) is 0.755. The Morgan fingerprint density at radius 1 is 1.09 bits per heavy atom. The molecule has 0 atom stereocenters. The van der Waals surface area contributed by atoms with Crippen LogP contribution in [0.2, 0.25) is 0 Å². The summed E-state index contributed by atoms with van der Waals surface area (Å²) in [6.45, 7) is 6.60. The monoisotopic (exact) mass is 304 g/mol. The zero-order chi connectivity index (χ0) is 15.8. The summed E-state index contributed by atoms with van der Waals surface area (Å²) < 4.78 is 5.69. The van der Waals surface area contributed by atoms with E-state index in [-0.39, 0.29) is 5.91 Å². The number of ether oxygens (including phenoxy) is 1. The Kier molecular flexibility index (Phi) is 6.72. The summed E-state index contributed by atoms with van der Waals surface area (Å²) in [5.74, 6) is 0.982. The second-order valence-corrected chi connectivity index (χ2v) is 6.03. The van der Waals surface area contributed by atoms with E-state index >= 15 is 0 Å². The molecule has 2 rings (SSSR count). The molecule has 1 fully saturated rings. The van der Waals surface area contributed by atoms with E-state index in [9.17, 15) is 4.79 Å². The molecule has 0 aromatic heterocycles. The summed E-state index contributed by atoms with van der Waals surface area (Å²) in [4.78, 5) is 16.8. The van der Waals surface area contributed by atoms with Crippen LogP contribution in [0.1, 0.15) is 43.0 Å². The van der Waals surface area contributed by atoms with Crippen molar-refractivity contribution in [2.45, 2.75) is 32.6 Å². The van der Waals surface area contributed by atoms with Crippen LogP contribution in [0, 0.1) is 0 Å². The lowest BCUT2D eigenvalue weighted by molar-refractivity contribution is 0.0763. The van der Waals surface area contributed by atoms with Gasteiger partial charge in [-0.1, -0.05) is 19.8 Å². The fourth-order valence-electron chi connectivity index (χ4n) is 2.67. The minimum absolute atomic E-state index is 0.132. The van der Waals surface area contributed by atoms with Crippen LogP contribution in [0.15, 0.2) is 24.3 Å². The molecule has 1 amide bonds. The second-order valence-electron chi connectivity index (χ2n) is 6.03. The van der Waals surface area contributed by atoms with Crippen LogP contribution in [-0.4, -0.2) is 55.5 Å². The van der Waals surface area contributed by atoms with Crippen molar-refractivity contribution in [3.05, 3.63) is 29.8 Å². The van der Waals surface area contributed by atoms with E-state index in [1.165, 1.54) is 12.8 Å². The first-order valence-electron chi connectivity index (χ1n) is 8.41. The third-order valence-electron chi connectivity index (χ3n) is 4.12. The van der Waals surface area contributed by atoms with Gasteiger partial charge < -0.3 is 14.5 Å². The molecule has 4 heteroatoms. The average Bonchev–Trinajstić information content (AvgIpc) is 2.76. The van der Waals surface area contributed by atoms with Crippen molar-refractivity contribution in [2.24, 2.45) is 0 Å². The Morgan fingerprint density at radius 3 is 2.59 bits per heavy atom. The van der Waals surface area contributed by atoms with Gasteiger partial charge in [0.25, 0.3) is 5.91 Å². The van der Waals surface area contributed by atoms with Crippen molar-refractivity contribution in [3.63, 3.8) is 0 Å². The molecule has 1 aliphatic heterocycles. The molecule has 122 valence electrons. The van der Waals surface area contributed by atoms with E-state index < -0.39 is 0 Å². The fourth-order valence-corrected chi connectivity index (χ4v) is 2.67. The van der Waals surface area contributed by atoms with Crippen LogP contribution in [0.3, 0.4) is 0 Å². The lowest BCUT2D eigenvalue weighted by atomic mass is 10.2. The van der Waals surface area contributed by atoms with E-state index in [4.69, 9.17) is 4.74 Å².